The highest BCUT2D eigenvalue weighted by atomic mass is 35.5. The van der Waals surface area contributed by atoms with Crippen LogP contribution in [-0.4, -0.2) is 60.4 Å². The molecule has 0 aliphatic carbocycles. The minimum absolute atomic E-state index is 0.0766. The number of benzene rings is 1. The Labute approximate surface area is 171 Å². The van der Waals surface area contributed by atoms with Crippen molar-refractivity contribution in [2.75, 3.05) is 32.7 Å². The Morgan fingerprint density at radius 2 is 1.93 bits per heavy atom. The quantitative estimate of drug-likeness (QED) is 0.779. The van der Waals surface area contributed by atoms with Gasteiger partial charge in [0.05, 0.1) is 10.6 Å². The Balaban J connectivity index is 1.57. The minimum Gasteiger partial charge on any atom is -0.354 e. The van der Waals surface area contributed by atoms with Gasteiger partial charge in [-0.2, -0.15) is 0 Å². The summed E-state index contributed by atoms with van der Waals surface area (Å²) in [6.45, 7) is 6.66. The lowest BCUT2D eigenvalue weighted by Gasteiger charge is -2.26. The minimum atomic E-state index is -0.438. The van der Waals surface area contributed by atoms with Crippen molar-refractivity contribution < 1.29 is 9.59 Å². The fraction of sp³-hybridized carbons (Fsp3) is 0.600. The Morgan fingerprint density at radius 3 is 2.67 bits per heavy atom. The molecule has 2 atom stereocenters. The van der Waals surface area contributed by atoms with Gasteiger partial charge in [0.15, 0.2) is 0 Å². The number of rotatable bonds is 6. The molecule has 1 N–H and O–H groups in total. The molecule has 2 heterocycles. The van der Waals surface area contributed by atoms with E-state index in [-0.39, 0.29) is 11.8 Å². The fourth-order valence-electron chi connectivity index (χ4n) is 3.96. The van der Waals surface area contributed by atoms with E-state index in [0.29, 0.717) is 41.0 Å². The second-order valence-corrected chi connectivity index (χ2v) is 8.48. The highest BCUT2D eigenvalue weighted by Gasteiger charge is 2.35. The summed E-state index contributed by atoms with van der Waals surface area (Å²) < 4.78 is 0. The zero-order valence-corrected chi connectivity index (χ0v) is 17.2. The summed E-state index contributed by atoms with van der Waals surface area (Å²) in [5, 5.41) is 3.86. The molecule has 0 spiro atoms. The molecule has 0 bridgehead atoms. The number of hydrogen-bond acceptors (Lipinski definition) is 3. The first-order valence-electron chi connectivity index (χ1n) is 9.72. The van der Waals surface area contributed by atoms with Gasteiger partial charge in [0.1, 0.15) is 6.04 Å². The van der Waals surface area contributed by atoms with Gasteiger partial charge in [0.25, 0.3) is 5.91 Å². The van der Waals surface area contributed by atoms with E-state index in [1.54, 1.807) is 23.1 Å². The van der Waals surface area contributed by atoms with Crippen LogP contribution in [0.2, 0.25) is 10.0 Å². The van der Waals surface area contributed by atoms with Crippen LogP contribution in [0.15, 0.2) is 18.2 Å². The van der Waals surface area contributed by atoms with Gasteiger partial charge in [-0.1, -0.05) is 30.1 Å². The molecule has 0 radical (unpaired) electrons. The lowest BCUT2D eigenvalue weighted by Crippen LogP contribution is -2.47. The number of hydrogen-bond donors (Lipinski definition) is 1. The summed E-state index contributed by atoms with van der Waals surface area (Å²) in [6.07, 6.45) is 4.02. The second-order valence-electron chi connectivity index (χ2n) is 7.64. The number of halogens is 2. The molecule has 2 unspecified atom stereocenters. The number of amides is 2. The fourth-order valence-corrected chi connectivity index (χ4v) is 4.33. The van der Waals surface area contributed by atoms with Crippen molar-refractivity contribution in [3.05, 3.63) is 33.8 Å². The van der Waals surface area contributed by atoms with Crippen LogP contribution < -0.4 is 5.32 Å². The molecule has 2 amide bonds. The average Bonchev–Trinajstić information content (AvgIpc) is 3.33. The Kier molecular flexibility index (Phi) is 7.01. The van der Waals surface area contributed by atoms with E-state index in [0.717, 1.165) is 26.1 Å². The standard InChI is InChI=1S/C20H27Cl2N3O2/c1-14(13-24-8-2-3-9-24)12-23-19(26)18-5-4-10-25(18)20(27)16-11-15(21)6-7-17(16)22/h6-7,11,14,18H,2-5,8-10,12-13H2,1H3,(H,23,26). The SMILES string of the molecule is CC(CNC(=O)C1CCCN1C(=O)c1cc(Cl)ccc1Cl)CN1CCCC1. The monoisotopic (exact) mass is 411 g/mol. The Bertz CT molecular complexity index is 692. The molecule has 2 aliphatic heterocycles. The molecule has 148 valence electrons. The third-order valence-corrected chi connectivity index (χ3v) is 5.93. The van der Waals surface area contributed by atoms with Crippen LogP contribution in [0.4, 0.5) is 0 Å². The average molecular weight is 412 g/mol. The van der Waals surface area contributed by atoms with E-state index >= 15 is 0 Å². The van der Waals surface area contributed by atoms with Crippen molar-refractivity contribution in [1.82, 2.24) is 15.1 Å². The molecule has 1 aromatic carbocycles. The van der Waals surface area contributed by atoms with Crippen LogP contribution >= 0.6 is 23.2 Å². The molecule has 2 saturated heterocycles. The Morgan fingerprint density at radius 1 is 1.19 bits per heavy atom. The van der Waals surface area contributed by atoms with Gasteiger partial charge >= 0.3 is 0 Å². The van der Waals surface area contributed by atoms with Crippen LogP contribution in [0.5, 0.6) is 0 Å². The smallest absolute Gasteiger partial charge is 0.256 e. The number of nitrogens with one attached hydrogen (secondary N) is 1. The molecule has 7 heteroatoms. The van der Waals surface area contributed by atoms with Gasteiger partial charge in [-0.3, -0.25) is 9.59 Å². The van der Waals surface area contributed by atoms with E-state index in [4.69, 9.17) is 23.2 Å². The van der Waals surface area contributed by atoms with Gasteiger partial charge < -0.3 is 15.1 Å². The van der Waals surface area contributed by atoms with E-state index in [1.807, 2.05) is 0 Å². The Hall–Kier alpha value is -1.30. The van der Waals surface area contributed by atoms with Crippen LogP contribution in [0.3, 0.4) is 0 Å². The largest absolute Gasteiger partial charge is 0.354 e. The van der Waals surface area contributed by atoms with Gasteiger partial charge in [0.2, 0.25) is 5.91 Å². The van der Waals surface area contributed by atoms with Crippen molar-refractivity contribution >= 4 is 35.0 Å². The number of carbonyl (C=O) groups excluding carboxylic acids is 2. The molecular formula is C20H27Cl2N3O2. The van der Waals surface area contributed by atoms with Crippen LogP contribution in [0, 0.1) is 5.92 Å². The van der Waals surface area contributed by atoms with Crippen molar-refractivity contribution in [2.45, 2.75) is 38.6 Å². The van der Waals surface area contributed by atoms with Crippen molar-refractivity contribution in [3.63, 3.8) is 0 Å². The molecule has 27 heavy (non-hydrogen) atoms. The second kappa shape index (κ2) is 9.26. The number of likely N-dealkylation sites (tertiary alicyclic amines) is 2. The molecule has 2 fully saturated rings. The maximum atomic E-state index is 12.9. The van der Waals surface area contributed by atoms with Crippen LogP contribution in [0.1, 0.15) is 43.0 Å². The summed E-state index contributed by atoms with van der Waals surface area (Å²) in [5.74, 6) is 0.0810. The number of carbonyl (C=O) groups is 2. The maximum absolute atomic E-state index is 12.9. The van der Waals surface area contributed by atoms with Crippen molar-refractivity contribution in [1.29, 1.82) is 0 Å². The highest BCUT2D eigenvalue weighted by molar-refractivity contribution is 6.35. The van der Waals surface area contributed by atoms with Gasteiger partial charge in [-0.15, -0.1) is 0 Å². The van der Waals surface area contributed by atoms with Gasteiger partial charge in [-0.05, 0) is 62.9 Å². The van der Waals surface area contributed by atoms with Gasteiger partial charge in [-0.25, -0.2) is 0 Å². The summed E-state index contributed by atoms with van der Waals surface area (Å²) in [7, 11) is 0. The topological polar surface area (TPSA) is 52.7 Å². The van der Waals surface area contributed by atoms with E-state index in [1.165, 1.54) is 12.8 Å². The molecule has 0 aromatic heterocycles. The zero-order chi connectivity index (χ0) is 19.4. The normalized spacial score (nSPS) is 21.4. The van der Waals surface area contributed by atoms with Crippen molar-refractivity contribution in [2.24, 2.45) is 5.92 Å². The summed E-state index contributed by atoms with van der Waals surface area (Å²) in [4.78, 5) is 29.7. The summed E-state index contributed by atoms with van der Waals surface area (Å²) in [6, 6.07) is 4.39. The van der Waals surface area contributed by atoms with E-state index < -0.39 is 6.04 Å². The van der Waals surface area contributed by atoms with Gasteiger partial charge in [0, 0.05) is 24.7 Å². The third kappa shape index (κ3) is 5.15. The summed E-state index contributed by atoms with van der Waals surface area (Å²) in [5.41, 5.74) is 0.353. The lowest BCUT2D eigenvalue weighted by atomic mass is 10.1. The lowest BCUT2D eigenvalue weighted by molar-refractivity contribution is -0.125. The van der Waals surface area contributed by atoms with E-state index in [9.17, 15) is 9.59 Å². The predicted molar refractivity (Wildman–Crippen MR) is 108 cm³/mol. The summed E-state index contributed by atoms with van der Waals surface area (Å²) >= 11 is 12.2. The van der Waals surface area contributed by atoms with Crippen LogP contribution in [0.25, 0.3) is 0 Å². The molecule has 2 aliphatic rings. The third-order valence-electron chi connectivity index (χ3n) is 5.37. The van der Waals surface area contributed by atoms with E-state index in [2.05, 4.69) is 17.1 Å². The molecule has 3 rings (SSSR count). The molecule has 5 nitrogen and oxygen atoms in total. The number of nitrogens with zero attached hydrogens (tertiary/aromatic N) is 2. The maximum Gasteiger partial charge on any atom is 0.256 e. The zero-order valence-electron chi connectivity index (χ0n) is 15.7. The first-order chi connectivity index (χ1) is 13.0. The highest BCUT2D eigenvalue weighted by Crippen LogP contribution is 2.26. The predicted octanol–water partition coefficient (Wildman–Crippen LogP) is 3.45. The molecule has 1 aromatic rings. The van der Waals surface area contributed by atoms with Crippen molar-refractivity contribution in [3.8, 4) is 0 Å². The first kappa shape index (κ1) is 20.4. The molecule has 0 saturated carbocycles. The molecular weight excluding hydrogens is 385 g/mol. The first-order valence-corrected chi connectivity index (χ1v) is 10.5. The van der Waals surface area contributed by atoms with Crippen LogP contribution in [-0.2, 0) is 4.79 Å².